The van der Waals surface area contributed by atoms with Crippen LogP contribution in [-0.4, -0.2) is 10.5 Å². The van der Waals surface area contributed by atoms with Gasteiger partial charge in [0, 0.05) is 35.9 Å². The molecule has 2 heterocycles. The topological polar surface area (TPSA) is 90.3 Å². The molecule has 0 radical (unpaired) electrons. The molecule has 6 nitrogen and oxygen atoms in total. The van der Waals surface area contributed by atoms with Gasteiger partial charge in [-0.3, -0.25) is 9.59 Å². The quantitative estimate of drug-likeness (QED) is 0.724. The number of amides is 1. The van der Waals surface area contributed by atoms with E-state index in [1.165, 1.54) is 12.1 Å². The Morgan fingerprint density at radius 3 is 2.65 bits per heavy atom. The molecule has 0 saturated heterocycles. The van der Waals surface area contributed by atoms with Crippen LogP contribution >= 0.6 is 0 Å². The number of nitrogens with one attached hydrogen (secondary N) is 1. The van der Waals surface area contributed by atoms with Gasteiger partial charge in [-0.05, 0) is 30.3 Å². The second-order valence-corrected chi connectivity index (χ2v) is 5.05. The van der Waals surface area contributed by atoms with E-state index in [1.54, 1.807) is 53.4 Å². The van der Waals surface area contributed by atoms with Crippen molar-refractivity contribution >= 4 is 17.3 Å². The molecule has 3 rings (SSSR count). The fraction of sp³-hybridized carbons (Fsp3) is 0.0588. The molecule has 0 saturated carbocycles. The van der Waals surface area contributed by atoms with Crippen molar-refractivity contribution in [1.82, 2.24) is 4.57 Å². The normalized spacial score (nSPS) is 10.4. The number of anilines is 2. The van der Waals surface area contributed by atoms with Crippen molar-refractivity contribution in [2.24, 2.45) is 0 Å². The molecule has 2 aromatic heterocycles. The van der Waals surface area contributed by atoms with Crippen molar-refractivity contribution in [2.45, 2.75) is 6.54 Å². The molecule has 116 valence electrons. The number of carbonyl (C=O) groups excluding carboxylic acids is 1. The summed E-state index contributed by atoms with van der Waals surface area (Å²) in [5, 5.41) is 2.72. The Labute approximate surface area is 132 Å². The van der Waals surface area contributed by atoms with Gasteiger partial charge in [0.1, 0.15) is 5.76 Å². The Morgan fingerprint density at radius 2 is 1.91 bits per heavy atom. The maximum Gasteiger partial charge on any atom is 0.291 e. The highest BCUT2D eigenvalue weighted by Gasteiger charge is 2.11. The number of aromatic nitrogens is 1. The first-order valence-corrected chi connectivity index (χ1v) is 7.02. The molecule has 0 atom stereocenters. The highest BCUT2D eigenvalue weighted by atomic mass is 16.4. The highest BCUT2D eigenvalue weighted by molar-refractivity contribution is 6.02. The minimum Gasteiger partial charge on any atom is -0.454 e. The molecular formula is C17H15N3O3. The summed E-state index contributed by atoms with van der Waals surface area (Å²) in [6, 6.07) is 13.2. The maximum atomic E-state index is 12.1. The predicted octanol–water partition coefficient (Wildman–Crippen LogP) is 2.32. The number of benzene rings is 1. The smallest absolute Gasteiger partial charge is 0.291 e. The second-order valence-electron chi connectivity index (χ2n) is 5.05. The first-order valence-electron chi connectivity index (χ1n) is 7.02. The van der Waals surface area contributed by atoms with E-state index in [0.717, 1.165) is 0 Å². The summed E-state index contributed by atoms with van der Waals surface area (Å²) in [6.07, 6.45) is 3.33. The van der Waals surface area contributed by atoms with Crippen molar-refractivity contribution in [3.05, 3.63) is 82.7 Å². The van der Waals surface area contributed by atoms with E-state index < -0.39 is 0 Å². The van der Waals surface area contributed by atoms with Gasteiger partial charge in [-0.2, -0.15) is 0 Å². The summed E-state index contributed by atoms with van der Waals surface area (Å²) in [5.74, 6) is 0.483. The van der Waals surface area contributed by atoms with E-state index in [-0.39, 0.29) is 17.1 Å². The lowest BCUT2D eigenvalue weighted by Crippen LogP contribution is -2.11. The van der Waals surface area contributed by atoms with Crippen LogP contribution in [0, 0.1) is 0 Å². The van der Waals surface area contributed by atoms with Crippen LogP contribution in [0.1, 0.15) is 16.3 Å². The Balaban J connectivity index is 1.69. The monoisotopic (exact) mass is 309 g/mol. The van der Waals surface area contributed by atoms with Crippen LogP contribution < -0.4 is 16.5 Å². The maximum absolute atomic E-state index is 12.1. The van der Waals surface area contributed by atoms with Crippen LogP contribution in [0.5, 0.6) is 0 Å². The number of nitrogens with zero attached hydrogens (tertiary/aromatic N) is 1. The lowest BCUT2D eigenvalue weighted by atomic mass is 10.3. The average molecular weight is 309 g/mol. The zero-order valence-electron chi connectivity index (χ0n) is 12.2. The van der Waals surface area contributed by atoms with Gasteiger partial charge >= 0.3 is 0 Å². The van der Waals surface area contributed by atoms with E-state index in [9.17, 15) is 9.59 Å². The lowest BCUT2D eigenvalue weighted by molar-refractivity contribution is 0.0995. The van der Waals surface area contributed by atoms with Crippen LogP contribution in [0.3, 0.4) is 0 Å². The number of furan rings is 1. The summed E-state index contributed by atoms with van der Waals surface area (Å²) >= 11 is 0. The Kier molecular flexibility index (Phi) is 3.97. The summed E-state index contributed by atoms with van der Waals surface area (Å²) < 4.78 is 7.33. The minimum atomic E-state index is -0.346. The molecule has 0 aliphatic heterocycles. The van der Waals surface area contributed by atoms with E-state index in [1.807, 2.05) is 0 Å². The largest absolute Gasteiger partial charge is 0.454 e. The fourth-order valence-electron chi connectivity index (χ4n) is 2.12. The molecule has 1 aromatic carbocycles. The van der Waals surface area contributed by atoms with Crippen molar-refractivity contribution < 1.29 is 9.21 Å². The fourth-order valence-corrected chi connectivity index (χ4v) is 2.12. The standard InChI is InChI=1S/C17H15N3O3/c18-12-2-1-3-13(10-12)19-17(22)16-5-4-15(23-16)11-20-8-6-14(21)7-9-20/h1-10H,11,18H2,(H,19,22). The molecule has 0 fully saturated rings. The Bertz CT molecular complexity index is 875. The molecule has 6 heteroatoms. The van der Waals surface area contributed by atoms with Gasteiger partial charge in [0.15, 0.2) is 11.2 Å². The van der Waals surface area contributed by atoms with Crippen LogP contribution in [0.25, 0.3) is 0 Å². The number of rotatable bonds is 4. The van der Waals surface area contributed by atoms with Crippen molar-refractivity contribution in [3.8, 4) is 0 Å². The summed E-state index contributed by atoms with van der Waals surface area (Å²) in [5.41, 5.74) is 6.80. The van der Waals surface area contributed by atoms with Crippen molar-refractivity contribution in [3.63, 3.8) is 0 Å². The number of hydrogen-bond acceptors (Lipinski definition) is 4. The Hall–Kier alpha value is -3.28. The first kappa shape index (κ1) is 14.6. The zero-order valence-corrected chi connectivity index (χ0v) is 12.2. The molecule has 23 heavy (non-hydrogen) atoms. The number of nitrogens with two attached hydrogens (primary N) is 1. The lowest BCUT2D eigenvalue weighted by Gasteiger charge is -2.04. The third kappa shape index (κ3) is 3.68. The SMILES string of the molecule is Nc1cccc(NC(=O)c2ccc(Cn3ccc(=O)cc3)o2)c1. The van der Waals surface area contributed by atoms with Crippen molar-refractivity contribution in [1.29, 1.82) is 0 Å². The van der Waals surface area contributed by atoms with Gasteiger partial charge < -0.3 is 20.0 Å². The Morgan fingerprint density at radius 1 is 1.13 bits per heavy atom. The van der Waals surface area contributed by atoms with Gasteiger partial charge in [0.05, 0.1) is 6.54 Å². The average Bonchev–Trinajstić information content (AvgIpc) is 2.98. The number of carbonyl (C=O) groups is 1. The van der Waals surface area contributed by atoms with Gasteiger partial charge in [-0.1, -0.05) is 6.07 Å². The molecule has 0 spiro atoms. The predicted molar refractivity (Wildman–Crippen MR) is 87.3 cm³/mol. The van der Waals surface area contributed by atoms with Crippen molar-refractivity contribution in [2.75, 3.05) is 11.1 Å². The second kappa shape index (κ2) is 6.23. The summed E-state index contributed by atoms with van der Waals surface area (Å²) in [7, 11) is 0. The summed E-state index contributed by atoms with van der Waals surface area (Å²) in [4.78, 5) is 23.2. The van der Waals surface area contributed by atoms with Gasteiger partial charge in [-0.15, -0.1) is 0 Å². The third-order valence-corrected chi connectivity index (χ3v) is 3.23. The molecule has 0 aliphatic rings. The minimum absolute atomic E-state index is 0.0529. The van der Waals surface area contributed by atoms with E-state index in [2.05, 4.69) is 5.32 Å². The molecule has 0 aliphatic carbocycles. The molecule has 3 aromatic rings. The van der Waals surface area contributed by atoms with E-state index in [4.69, 9.17) is 10.2 Å². The van der Waals surface area contributed by atoms with Gasteiger partial charge in [0.2, 0.25) is 0 Å². The summed E-state index contributed by atoms with van der Waals surface area (Å²) in [6.45, 7) is 0.436. The van der Waals surface area contributed by atoms with Crippen LogP contribution in [0.15, 0.2) is 70.1 Å². The first-order chi connectivity index (χ1) is 11.1. The van der Waals surface area contributed by atoms with Gasteiger partial charge in [-0.25, -0.2) is 0 Å². The zero-order chi connectivity index (χ0) is 16.2. The van der Waals surface area contributed by atoms with Gasteiger partial charge in [0.25, 0.3) is 5.91 Å². The van der Waals surface area contributed by atoms with E-state index >= 15 is 0 Å². The molecule has 3 N–H and O–H groups in total. The highest BCUT2D eigenvalue weighted by Crippen LogP contribution is 2.15. The third-order valence-electron chi connectivity index (χ3n) is 3.23. The number of nitrogen functional groups attached to an aromatic ring is 1. The molecular weight excluding hydrogens is 294 g/mol. The van der Waals surface area contributed by atoms with Crippen LogP contribution in [0.4, 0.5) is 11.4 Å². The van der Waals surface area contributed by atoms with Crippen LogP contribution in [0.2, 0.25) is 0 Å². The van der Waals surface area contributed by atoms with E-state index in [0.29, 0.717) is 23.7 Å². The van der Waals surface area contributed by atoms with Crippen LogP contribution in [-0.2, 0) is 6.54 Å². The molecule has 0 bridgehead atoms. The molecule has 1 amide bonds. The number of hydrogen-bond donors (Lipinski definition) is 2. The number of pyridine rings is 1. The molecule has 0 unspecified atom stereocenters.